The van der Waals surface area contributed by atoms with E-state index in [1.165, 1.54) is 0 Å². The van der Waals surface area contributed by atoms with Crippen LogP contribution in [0.2, 0.25) is 0 Å². The Balaban J connectivity index is 4.12. The van der Waals surface area contributed by atoms with E-state index in [9.17, 15) is 4.79 Å². The fourth-order valence-corrected chi connectivity index (χ4v) is 1.42. The highest BCUT2D eigenvalue weighted by molar-refractivity contribution is 5.81. The Kier molecular flexibility index (Phi) is 7.34. The van der Waals surface area contributed by atoms with Crippen LogP contribution in [0.15, 0.2) is 0 Å². The molecule has 3 N–H and O–H groups in total. The van der Waals surface area contributed by atoms with Crippen molar-refractivity contribution in [1.82, 2.24) is 10.2 Å². The first-order chi connectivity index (χ1) is 7.86. The van der Waals surface area contributed by atoms with E-state index < -0.39 is 0 Å². The Hall–Kier alpha value is -0.650. The fraction of sp³-hybridized carbons (Fsp3) is 0.917. The summed E-state index contributed by atoms with van der Waals surface area (Å²) in [7, 11) is 3.58. The predicted molar refractivity (Wildman–Crippen MR) is 69.9 cm³/mol. The van der Waals surface area contributed by atoms with E-state index in [4.69, 9.17) is 10.5 Å². The van der Waals surface area contributed by atoms with Gasteiger partial charge in [0, 0.05) is 32.3 Å². The number of methoxy groups -OCH3 is 1. The smallest absolute Gasteiger partial charge is 0.237 e. The zero-order chi connectivity index (χ0) is 13.5. The molecule has 5 heteroatoms. The molecule has 17 heavy (non-hydrogen) atoms. The summed E-state index contributed by atoms with van der Waals surface area (Å²) in [6.07, 6.45) is 0.832. The predicted octanol–water partition coefficient (Wildman–Crippen LogP) is 0.197. The van der Waals surface area contributed by atoms with Gasteiger partial charge in [0.15, 0.2) is 0 Å². The molecule has 1 amide bonds. The van der Waals surface area contributed by atoms with Crippen LogP contribution in [0.3, 0.4) is 0 Å². The maximum Gasteiger partial charge on any atom is 0.237 e. The van der Waals surface area contributed by atoms with Crippen LogP contribution in [-0.4, -0.2) is 56.2 Å². The van der Waals surface area contributed by atoms with Crippen molar-refractivity contribution in [2.45, 2.75) is 38.8 Å². The molecular formula is C12H27N3O2. The number of hydrogen-bond acceptors (Lipinski definition) is 4. The maximum atomic E-state index is 11.9. The molecule has 0 bridgehead atoms. The maximum absolute atomic E-state index is 11.9. The van der Waals surface area contributed by atoms with Gasteiger partial charge in [-0.15, -0.1) is 0 Å². The van der Waals surface area contributed by atoms with Crippen molar-refractivity contribution >= 4 is 5.91 Å². The lowest BCUT2D eigenvalue weighted by atomic mass is 10.0. The number of rotatable bonds is 8. The Morgan fingerprint density at radius 1 is 1.53 bits per heavy atom. The molecule has 0 radical (unpaired) electrons. The van der Waals surface area contributed by atoms with Crippen LogP contribution in [0.25, 0.3) is 0 Å². The summed E-state index contributed by atoms with van der Waals surface area (Å²) >= 11 is 0. The van der Waals surface area contributed by atoms with Crippen LogP contribution in [-0.2, 0) is 9.53 Å². The third-order valence-electron chi connectivity index (χ3n) is 3.24. The average molecular weight is 245 g/mol. The van der Waals surface area contributed by atoms with Crippen molar-refractivity contribution in [3.8, 4) is 0 Å². The van der Waals surface area contributed by atoms with Gasteiger partial charge in [0.05, 0.1) is 6.04 Å². The number of carbonyl (C=O) groups excluding carboxylic acids is 1. The molecule has 0 aromatic carbocycles. The van der Waals surface area contributed by atoms with Gasteiger partial charge in [-0.1, -0.05) is 0 Å². The topological polar surface area (TPSA) is 67.6 Å². The number of nitrogens with two attached hydrogens (primary N) is 1. The van der Waals surface area contributed by atoms with E-state index in [1.54, 1.807) is 7.11 Å². The second-order valence-electron chi connectivity index (χ2n) is 4.94. The number of hydrogen-bond donors (Lipinski definition) is 2. The number of amides is 1. The van der Waals surface area contributed by atoms with Gasteiger partial charge in [0.25, 0.3) is 0 Å². The lowest BCUT2D eigenvalue weighted by Gasteiger charge is -2.38. The molecule has 0 aliphatic heterocycles. The van der Waals surface area contributed by atoms with E-state index in [1.807, 2.05) is 32.7 Å². The highest BCUT2D eigenvalue weighted by Crippen LogP contribution is 2.13. The first-order valence-electron chi connectivity index (χ1n) is 6.06. The molecule has 1 unspecified atom stereocenters. The van der Waals surface area contributed by atoms with Crippen LogP contribution >= 0.6 is 0 Å². The van der Waals surface area contributed by atoms with Crippen LogP contribution in [0.5, 0.6) is 0 Å². The Bertz CT molecular complexity index is 232. The van der Waals surface area contributed by atoms with Gasteiger partial charge >= 0.3 is 0 Å². The van der Waals surface area contributed by atoms with Crippen LogP contribution in [0.4, 0.5) is 0 Å². The third kappa shape index (κ3) is 5.48. The van der Waals surface area contributed by atoms with Crippen molar-refractivity contribution in [1.29, 1.82) is 0 Å². The third-order valence-corrected chi connectivity index (χ3v) is 3.24. The minimum atomic E-state index is -0.184. The average Bonchev–Trinajstić information content (AvgIpc) is 2.32. The van der Waals surface area contributed by atoms with Gasteiger partial charge < -0.3 is 15.8 Å². The van der Waals surface area contributed by atoms with E-state index in [0.29, 0.717) is 19.7 Å². The quantitative estimate of drug-likeness (QED) is 0.599. The summed E-state index contributed by atoms with van der Waals surface area (Å²) < 4.78 is 4.92. The molecule has 0 heterocycles. The molecular weight excluding hydrogens is 218 g/mol. The normalized spacial score (nSPS) is 13.8. The van der Waals surface area contributed by atoms with Crippen molar-refractivity contribution in [2.75, 3.05) is 33.9 Å². The van der Waals surface area contributed by atoms with Crippen LogP contribution < -0.4 is 11.1 Å². The standard InChI is InChI=1S/C12H27N3O2/c1-10(15(4)12(2,3)9-13)11(16)14-7-6-8-17-5/h10H,6-9,13H2,1-5H3,(H,14,16). The highest BCUT2D eigenvalue weighted by atomic mass is 16.5. The summed E-state index contributed by atoms with van der Waals surface area (Å²) in [6, 6.07) is -0.184. The van der Waals surface area contributed by atoms with Crippen molar-refractivity contribution in [3.63, 3.8) is 0 Å². The van der Waals surface area contributed by atoms with Gasteiger partial charge in [0.1, 0.15) is 0 Å². The summed E-state index contributed by atoms with van der Waals surface area (Å²) in [5.41, 5.74) is 5.52. The zero-order valence-electron chi connectivity index (χ0n) is 11.7. The van der Waals surface area contributed by atoms with Crippen LogP contribution in [0, 0.1) is 0 Å². The summed E-state index contributed by atoms with van der Waals surface area (Å²) in [5.74, 6) is 0.0325. The van der Waals surface area contributed by atoms with Gasteiger partial charge in [0.2, 0.25) is 5.91 Å². The van der Waals surface area contributed by atoms with Gasteiger partial charge in [-0.2, -0.15) is 0 Å². The molecule has 1 atom stereocenters. The Morgan fingerprint density at radius 2 is 2.12 bits per heavy atom. The largest absolute Gasteiger partial charge is 0.385 e. The van der Waals surface area contributed by atoms with Crippen LogP contribution in [0.1, 0.15) is 27.2 Å². The number of likely N-dealkylation sites (N-methyl/N-ethyl adjacent to an activating group) is 1. The van der Waals surface area contributed by atoms with Crippen molar-refractivity contribution < 1.29 is 9.53 Å². The highest BCUT2D eigenvalue weighted by Gasteiger charge is 2.29. The molecule has 0 aliphatic rings. The molecule has 0 saturated heterocycles. The van der Waals surface area contributed by atoms with E-state index in [2.05, 4.69) is 5.32 Å². The van der Waals surface area contributed by atoms with E-state index in [0.717, 1.165) is 6.42 Å². The molecule has 0 aliphatic carbocycles. The minimum absolute atomic E-state index is 0.0325. The first kappa shape index (κ1) is 16.4. The van der Waals surface area contributed by atoms with E-state index in [-0.39, 0.29) is 17.5 Å². The van der Waals surface area contributed by atoms with Gasteiger partial charge in [-0.3, -0.25) is 9.69 Å². The lowest BCUT2D eigenvalue weighted by molar-refractivity contribution is -0.127. The molecule has 0 aromatic rings. The zero-order valence-corrected chi connectivity index (χ0v) is 11.7. The summed E-state index contributed by atoms with van der Waals surface area (Å²) in [5, 5.41) is 2.89. The molecule has 0 rings (SSSR count). The first-order valence-corrected chi connectivity index (χ1v) is 6.06. The number of ether oxygens (including phenoxy) is 1. The van der Waals surface area contributed by atoms with Gasteiger partial charge in [-0.25, -0.2) is 0 Å². The molecule has 0 saturated carbocycles. The SMILES string of the molecule is COCCCNC(=O)C(C)N(C)C(C)(C)CN. The summed E-state index contributed by atoms with van der Waals surface area (Å²) in [4.78, 5) is 13.9. The molecule has 0 spiro atoms. The Labute approximate surface area is 105 Å². The number of carbonyl (C=O) groups is 1. The molecule has 5 nitrogen and oxygen atoms in total. The van der Waals surface area contributed by atoms with E-state index >= 15 is 0 Å². The molecule has 0 aromatic heterocycles. The van der Waals surface area contributed by atoms with Crippen molar-refractivity contribution in [2.24, 2.45) is 5.73 Å². The lowest BCUT2D eigenvalue weighted by Crippen LogP contribution is -2.55. The van der Waals surface area contributed by atoms with Crippen molar-refractivity contribution in [3.05, 3.63) is 0 Å². The summed E-state index contributed by atoms with van der Waals surface area (Å²) in [6.45, 7) is 7.78. The number of nitrogens with one attached hydrogen (secondary N) is 1. The minimum Gasteiger partial charge on any atom is -0.385 e. The monoisotopic (exact) mass is 245 g/mol. The number of nitrogens with zero attached hydrogens (tertiary/aromatic N) is 1. The molecule has 0 fully saturated rings. The Morgan fingerprint density at radius 3 is 2.59 bits per heavy atom. The van der Waals surface area contributed by atoms with Gasteiger partial charge in [-0.05, 0) is 34.2 Å². The second-order valence-corrected chi connectivity index (χ2v) is 4.94. The second kappa shape index (κ2) is 7.63. The fourth-order valence-electron chi connectivity index (χ4n) is 1.42. The molecule has 102 valence electrons.